The zero-order chi connectivity index (χ0) is 22.4. The van der Waals surface area contributed by atoms with Crippen LogP contribution in [0.1, 0.15) is 23.2 Å². The van der Waals surface area contributed by atoms with Crippen molar-refractivity contribution in [2.24, 2.45) is 0 Å². The summed E-state index contributed by atoms with van der Waals surface area (Å²) in [5.74, 6) is -2.13. The van der Waals surface area contributed by atoms with Gasteiger partial charge in [0.05, 0.1) is 4.90 Å². The summed E-state index contributed by atoms with van der Waals surface area (Å²) in [6.45, 7) is -0.511. The molecule has 1 fully saturated rings. The van der Waals surface area contributed by atoms with Crippen molar-refractivity contribution in [3.63, 3.8) is 0 Å². The normalized spacial score (nSPS) is 16.5. The Morgan fingerprint density at radius 2 is 1.71 bits per heavy atom. The van der Waals surface area contributed by atoms with Gasteiger partial charge in [0, 0.05) is 17.1 Å². The van der Waals surface area contributed by atoms with Gasteiger partial charge < -0.3 is 4.74 Å². The van der Waals surface area contributed by atoms with Crippen LogP contribution in [0.2, 0.25) is 5.02 Å². The Balaban J connectivity index is 1.54. The first-order chi connectivity index (χ1) is 14.8. The summed E-state index contributed by atoms with van der Waals surface area (Å²) in [5, 5.41) is 0.390. The second-order valence-corrected chi connectivity index (χ2v) is 9.03. The predicted octanol–water partition coefficient (Wildman–Crippen LogP) is 1.50. The smallest absolute Gasteiger partial charge is 0.324 e. The maximum Gasteiger partial charge on any atom is 0.324 e. The summed E-state index contributed by atoms with van der Waals surface area (Å²) in [6, 6.07) is 12.8. The third-order valence-corrected chi connectivity index (χ3v) is 6.77. The number of sulfonamides is 1. The highest BCUT2D eigenvalue weighted by atomic mass is 35.5. The number of nitrogens with one attached hydrogen (secondary N) is 2. The molecule has 2 amide bonds. The van der Waals surface area contributed by atoms with Gasteiger partial charge in [0.2, 0.25) is 10.0 Å². The van der Waals surface area contributed by atoms with E-state index in [1.54, 1.807) is 30.3 Å². The zero-order valence-electron chi connectivity index (χ0n) is 16.3. The number of carbonyl (C=O) groups is 3. The van der Waals surface area contributed by atoms with Crippen LogP contribution in [0.4, 0.5) is 0 Å². The van der Waals surface area contributed by atoms with Gasteiger partial charge in [-0.1, -0.05) is 29.8 Å². The number of hydrogen-bond acceptors (Lipinski definition) is 6. The van der Waals surface area contributed by atoms with E-state index in [9.17, 15) is 22.8 Å². The van der Waals surface area contributed by atoms with Gasteiger partial charge in [-0.05, 0) is 49.2 Å². The van der Waals surface area contributed by atoms with Crippen molar-refractivity contribution in [1.82, 2.24) is 15.2 Å². The number of esters is 1. The Bertz CT molecular complexity index is 1060. The van der Waals surface area contributed by atoms with E-state index in [0.717, 1.165) is 4.31 Å². The summed E-state index contributed by atoms with van der Waals surface area (Å²) in [5.41, 5.74) is 4.69. The molecule has 0 bridgehead atoms. The van der Waals surface area contributed by atoms with E-state index < -0.39 is 40.5 Å². The van der Waals surface area contributed by atoms with Crippen LogP contribution in [0, 0.1) is 0 Å². The van der Waals surface area contributed by atoms with Crippen LogP contribution in [0.25, 0.3) is 0 Å². The number of ether oxygens (including phenoxy) is 1. The van der Waals surface area contributed by atoms with Gasteiger partial charge >= 0.3 is 5.97 Å². The molecular formula is C20H20ClN3O6S. The largest absolute Gasteiger partial charge is 0.454 e. The molecule has 2 N–H and O–H groups in total. The number of benzene rings is 2. The van der Waals surface area contributed by atoms with Crippen LogP contribution in [-0.2, 0) is 24.3 Å². The molecule has 9 nitrogen and oxygen atoms in total. The summed E-state index contributed by atoms with van der Waals surface area (Å²) in [4.78, 5) is 36.2. The van der Waals surface area contributed by atoms with Crippen LogP contribution >= 0.6 is 11.6 Å². The minimum Gasteiger partial charge on any atom is -0.454 e. The lowest BCUT2D eigenvalue weighted by Gasteiger charge is -2.22. The van der Waals surface area contributed by atoms with E-state index in [1.165, 1.54) is 24.3 Å². The zero-order valence-corrected chi connectivity index (χ0v) is 17.9. The van der Waals surface area contributed by atoms with Gasteiger partial charge in [0.25, 0.3) is 11.8 Å². The Kier molecular flexibility index (Phi) is 7.26. The molecule has 1 saturated heterocycles. The molecule has 2 aromatic rings. The number of hydrogen-bond donors (Lipinski definition) is 2. The number of hydrazine groups is 1. The van der Waals surface area contributed by atoms with E-state index in [-0.39, 0.29) is 17.9 Å². The minimum absolute atomic E-state index is 0.0120. The van der Waals surface area contributed by atoms with Crippen molar-refractivity contribution in [3.05, 3.63) is 65.2 Å². The average Bonchev–Trinajstić information content (AvgIpc) is 3.28. The molecule has 0 aliphatic carbocycles. The van der Waals surface area contributed by atoms with Crippen molar-refractivity contribution >= 4 is 39.4 Å². The van der Waals surface area contributed by atoms with E-state index in [2.05, 4.69) is 10.9 Å². The SMILES string of the molecule is O=C(COC(=O)[C@@H]1CCCN1S(=O)(=O)c1ccc(Cl)cc1)NNC(=O)c1ccccc1. The molecule has 3 rings (SSSR count). The van der Waals surface area contributed by atoms with Crippen LogP contribution in [0.5, 0.6) is 0 Å². The predicted molar refractivity (Wildman–Crippen MR) is 111 cm³/mol. The standard InChI is InChI=1S/C20H20ClN3O6S/c21-15-8-10-16(11-9-15)31(28,29)24-12-4-7-17(24)20(27)30-13-18(25)22-23-19(26)14-5-2-1-3-6-14/h1-3,5-6,8-11,17H,4,7,12-13H2,(H,22,25)(H,23,26)/t17-/m0/s1. The molecule has 1 atom stereocenters. The van der Waals surface area contributed by atoms with Crippen LogP contribution in [0.15, 0.2) is 59.5 Å². The van der Waals surface area contributed by atoms with Crippen molar-refractivity contribution in [3.8, 4) is 0 Å². The Labute approximate surface area is 184 Å². The Morgan fingerprint density at radius 1 is 1.03 bits per heavy atom. The number of halogens is 1. The van der Waals surface area contributed by atoms with Gasteiger partial charge in [0.15, 0.2) is 6.61 Å². The number of carbonyl (C=O) groups excluding carboxylic acids is 3. The molecule has 2 aromatic carbocycles. The summed E-state index contributed by atoms with van der Waals surface area (Å²) in [6.07, 6.45) is 0.754. The first-order valence-electron chi connectivity index (χ1n) is 9.37. The second kappa shape index (κ2) is 9.90. The monoisotopic (exact) mass is 465 g/mol. The lowest BCUT2D eigenvalue weighted by Crippen LogP contribution is -2.45. The van der Waals surface area contributed by atoms with Gasteiger partial charge in [-0.2, -0.15) is 4.31 Å². The molecule has 164 valence electrons. The highest BCUT2D eigenvalue weighted by Crippen LogP contribution is 2.27. The van der Waals surface area contributed by atoms with Gasteiger partial charge in [-0.25, -0.2) is 8.42 Å². The van der Waals surface area contributed by atoms with Crippen LogP contribution in [-0.4, -0.2) is 49.7 Å². The average molecular weight is 466 g/mol. The fourth-order valence-electron chi connectivity index (χ4n) is 3.06. The molecule has 0 aromatic heterocycles. The molecule has 1 heterocycles. The molecule has 0 radical (unpaired) electrons. The summed E-state index contributed by atoms with van der Waals surface area (Å²) < 4.78 is 31.8. The first kappa shape index (κ1) is 22.7. The Morgan fingerprint density at radius 3 is 2.39 bits per heavy atom. The minimum atomic E-state index is -3.92. The van der Waals surface area contributed by atoms with E-state index in [1.807, 2.05) is 0 Å². The summed E-state index contributed by atoms with van der Waals surface area (Å²) in [7, 11) is -3.92. The lowest BCUT2D eigenvalue weighted by atomic mass is 10.2. The Hall–Kier alpha value is -2.95. The first-order valence-corrected chi connectivity index (χ1v) is 11.2. The van der Waals surface area contributed by atoms with Crippen molar-refractivity contribution in [1.29, 1.82) is 0 Å². The van der Waals surface area contributed by atoms with Crippen LogP contribution < -0.4 is 10.9 Å². The van der Waals surface area contributed by atoms with Crippen molar-refractivity contribution in [2.75, 3.05) is 13.2 Å². The highest BCUT2D eigenvalue weighted by Gasteiger charge is 2.40. The molecule has 0 unspecified atom stereocenters. The molecule has 31 heavy (non-hydrogen) atoms. The molecule has 0 saturated carbocycles. The van der Waals surface area contributed by atoms with Crippen molar-refractivity contribution in [2.45, 2.75) is 23.8 Å². The highest BCUT2D eigenvalue weighted by molar-refractivity contribution is 7.89. The van der Waals surface area contributed by atoms with Gasteiger partial charge in [0.1, 0.15) is 6.04 Å². The number of nitrogens with zero attached hydrogens (tertiary/aromatic N) is 1. The molecule has 0 spiro atoms. The van der Waals surface area contributed by atoms with Crippen molar-refractivity contribution < 1.29 is 27.5 Å². The molecular weight excluding hydrogens is 446 g/mol. The molecule has 1 aliphatic heterocycles. The molecule has 11 heteroatoms. The third-order valence-electron chi connectivity index (χ3n) is 4.59. The second-order valence-electron chi connectivity index (χ2n) is 6.70. The summed E-state index contributed by atoms with van der Waals surface area (Å²) >= 11 is 5.80. The maximum absolute atomic E-state index is 12.9. The van der Waals surface area contributed by atoms with Crippen LogP contribution in [0.3, 0.4) is 0 Å². The van der Waals surface area contributed by atoms with E-state index >= 15 is 0 Å². The van der Waals surface area contributed by atoms with Gasteiger partial charge in [-0.3, -0.25) is 25.2 Å². The quantitative estimate of drug-likeness (QED) is 0.492. The number of rotatable bonds is 6. The lowest BCUT2D eigenvalue weighted by molar-refractivity contribution is -0.151. The van der Waals surface area contributed by atoms with Gasteiger partial charge in [-0.15, -0.1) is 0 Å². The fourth-order valence-corrected chi connectivity index (χ4v) is 4.84. The maximum atomic E-state index is 12.9. The topological polar surface area (TPSA) is 122 Å². The molecule has 1 aliphatic rings. The van der Waals surface area contributed by atoms with E-state index in [0.29, 0.717) is 17.0 Å². The third kappa shape index (κ3) is 5.60. The van der Waals surface area contributed by atoms with E-state index in [4.69, 9.17) is 16.3 Å². The number of amides is 2. The fraction of sp³-hybridized carbons (Fsp3) is 0.250.